The number of nitrogens with zero attached hydrogens (tertiary/aromatic N) is 4. The van der Waals surface area contributed by atoms with Crippen LogP contribution < -0.4 is 0 Å². The van der Waals surface area contributed by atoms with Crippen LogP contribution in [0.1, 0.15) is 38.4 Å². The zero-order chi connectivity index (χ0) is 11.7. The highest BCUT2D eigenvalue weighted by molar-refractivity contribution is 5.66. The maximum absolute atomic E-state index is 10.6. The molecule has 0 bridgehead atoms. The molecule has 1 aromatic heterocycles. The lowest BCUT2D eigenvalue weighted by Gasteiger charge is -2.09. The molecule has 0 amide bonds. The second kappa shape index (κ2) is 4.19. The van der Waals surface area contributed by atoms with Gasteiger partial charge in [0.1, 0.15) is 0 Å². The summed E-state index contributed by atoms with van der Waals surface area (Å²) in [5.74, 6) is 1.30. The second-order valence-corrected chi connectivity index (χ2v) is 4.74. The normalized spacial score (nSPS) is 25.4. The maximum atomic E-state index is 10.6. The van der Waals surface area contributed by atoms with Gasteiger partial charge in [-0.2, -0.15) is 0 Å². The van der Waals surface area contributed by atoms with Crippen LogP contribution in [-0.4, -0.2) is 31.3 Å². The minimum Gasteiger partial charge on any atom is -0.481 e. The number of aromatic nitrogens is 4. The Hall–Kier alpha value is -1.46. The summed E-state index contributed by atoms with van der Waals surface area (Å²) in [6.45, 7) is 4.65. The Bertz CT molecular complexity index is 390. The first-order valence-corrected chi connectivity index (χ1v) is 5.55. The van der Waals surface area contributed by atoms with Crippen LogP contribution in [0.4, 0.5) is 0 Å². The van der Waals surface area contributed by atoms with Gasteiger partial charge < -0.3 is 5.11 Å². The summed E-state index contributed by atoms with van der Waals surface area (Å²) in [6, 6.07) is 0. The first kappa shape index (κ1) is 11.0. The van der Waals surface area contributed by atoms with E-state index in [0.29, 0.717) is 18.4 Å². The summed E-state index contributed by atoms with van der Waals surface area (Å²) >= 11 is 0. The van der Waals surface area contributed by atoms with Gasteiger partial charge in [-0.05, 0) is 28.7 Å². The molecule has 0 saturated heterocycles. The van der Waals surface area contributed by atoms with Gasteiger partial charge >= 0.3 is 5.97 Å². The molecule has 6 nitrogen and oxygen atoms in total. The maximum Gasteiger partial charge on any atom is 0.303 e. The number of carboxylic acids is 1. The van der Waals surface area contributed by atoms with E-state index in [9.17, 15) is 4.79 Å². The van der Waals surface area contributed by atoms with Crippen LogP contribution in [0.5, 0.6) is 0 Å². The number of carboxylic acid groups (broad SMARTS) is 1. The zero-order valence-corrected chi connectivity index (χ0v) is 9.50. The summed E-state index contributed by atoms with van der Waals surface area (Å²) in [6.07, 6.45) is 1.28. The molecule has 0 spiro atoms. The fourth-order valence-electron chi connectivity index (χ4n) is 1.95. The van der Waals surface area contributed by atoms with Gasteiger partial charge in [-0.25, -0.2) is 4.68 Å². The Morgan fingerprint density at radius 2 is 2.38 bits per heavy atom. The predicted octanol–water partition coefficient (Wildman–Crippen LogP) is 0.907. The van der Waals surface area contributed by atoms with Gasteiger partial charge in [-0.15, -0.1) is 5.10 Å². The molecule has 3 atom stereocenters. The van der Waals surface area contributed by atoms with Crippen molar-refractivity contribution >= 4 is 5.97 Å². The quantitative estimate of drug-likeness (QED) is 0.803. The van der Waals surface area contributed by atoms with E-state index in [-0.39, 0.29) is 12.3 Å². The number of hydrogen-bond acceptors (Lipinski definition) is 4. The van der Waals surface area contributed by atoms with Gasteiger partial charge in [-0.1, -0.05) is 13.8 Å². The Kier molecular flexibility index (Phi) is 2.89. The van der Waals surface area contributed by atoms with Crippen LogP contribution in [0.25, 0.3) is 0 Å². The average Bonchev–Trinajstić information content (AvgIpc) is 2.72. The van der Waals surface area contributed by atoms with Crippen molar-refractivity contribution in [2.24, 2.45) is 11.8 Å². The topological polar surface area (TPSA) is 80.9 Å². The van der Waals surface area contributed by atoms with Gasteiger partial charge in [0.2, 0.25) is 0 Å². The second-order valence-electron chi connectivity index (χ2n) is 4.74. The third-order valence-electron chi connectivity index (χ3n) is 3.01. The number of rotatable bonds is 5. The van der Waals surface area contributed by atoms with Crippen LogP contribution >= 0.6 is 0 Å². The van der Waals surface area contributed by atoms with Gasteiger partial charge in [0, 0.05) is 18.9 Å². The van der Waals surface area contributed by atoms with E-state index in [1.54, 1.807) is 4.68 Å². The molecular weight excluding hydrogens is 208 g/mol. The smallest absolute Gasteiger partial charge is 0.303 e. The monoisotopic (exact) mass is 224 g/mol. The fourth-order valence-corrected chi connectivity index (χ4v) is 1.95. The summed E-state index contributed by atoms with van der Waals surface area (Å²) < 4.78 is 1.75. The van der Waals surface area contributed by atoms with Crippen LogP contribution in [0, 0.1) is 11.8 Å². The van der Waals surface area contributed by atoms with Crippen molar-refractivity contribution in [1.29, 1.82) is 0 Å². The Balaban J connectivity index is 1.99. The van der Waals surface area contributed by atoms with E-state index in [1.165, 1.54) is 0 Å². The van der Waals surface area contributed by atoms with Crippen molar-refractivity contribution in [3.63, 3.8) is 0 Å². The summed E-state index contributed by atoms with van der Waals surface area (Å²) in [7, 11) is 0. The van der Waals surface area contributed by atoms with Crippen molar-refractivity contribution in [2.75, 3.05) is 0 Å². The van der Waals surface area contributed by atoms with E-state index in [0.717, 1.165) is 12.2 Å². The van der Waals surface area contributed by atoms with E-state index in [1.807, 2.05) is 6.92 Å². The van der Waals surface area contributed by atoms with Gasteiger partial charge in [0.15, 0.2) is 5.82 Å². The summed E-state index contributed by atoms with van der Waals surface area (Å²) in [5, 5.41) is 20.3. The molecule has 1 aromatic rings. The highest BCUT2D eigenvalue weighted by Crippen LogP contribution is 2.45. The van der Waals surface area contributed by atoms with Gasteiger partial charge in [-0.3, -0.25) is 4.79 Å². The molecule has 1 aliphatic carbocycles. The fraction of sp³-hybridized carbons (Fsp3) is 0.800. The molecule has 1 N–H and O–H groups in total. The van der Waals surface area contributed by atoms with Crippen LogP contribution in [-0.2, 0) is 11.3 Å². The molecule has 2 rings (SSSR count). The van der Waals surface area contributed by atoms with Crippen molar-refractivity contribution in [1.82, 2.24) is 20.2 Å². The first-order chi connectivity index (χ1) is 7.58. The third kappa shape index (κ3) is 2.37. The molecule has 0 aliphatic heterocycles. The number of tetrazole rings is 1. The molecule has 1 heterocycles. The van der Waals surface area contributed by atoms with Crippen LogP contribution in [0.2, 0.25) is 0 Å². The molecule has 3 unspecified atom stereocenters. The lowest BCUT2D eigenvalue weighted by molar-refractivity contribution is -0.138. The van der Waals surface area contributed by atoms with Gasteiger partial charge in [0.25, 0.3) is 0 Å². The molecular formula is C10H16N4O2. The van der Waals surface area contributed by atoms with E-state index in [2.05, 4.69) is 22.4 Å². The van der Waals surface area contributed by atoms with Gasteiger partial charge in [0.05, 0.1) is 0 Å². The molecule has 0 aromatic carbocycles. The van der Waals surface area contributed by atoms with E-state index < -0.39 is 5.97 Å². The first-order valence-electron chi connectivity index (χ1n) is 5.55. The minimum atomic E-state index is -0.776. The lowest BCUT2D eigenvalue weighted by atomic mass is 10.1. The molecule has 1 fully saturated rings. The highest BCUT2D eigenvalue weighted by Gasteiger charge is 2.38. The van der Waals surface area contributed by atoms with Crippen molar-refractivity contribution in [3.05, 3.63) is 5.82 Å². The van der Waals surface area contributed by atoms with Crippen molar-refractivity contribution < 1.29 is 9.90 Å². The molecule has 16 heavy (non-hydrogen) atoms. The highest BCUT2D eigenvalue weighted by atomic mass is 16.4. The standard InChI is InChI=1S/C10H16N4O2/c1-6(3-9(15)16)5-14-10(11-12-13-14)8-4-7(8)2/h6-8H,3-5H2,1-2H3,(H,15,16). The number of aliphatic carboxylic acids is 1. The molecule has 0 radical (unpaired) electrons. The zero-order valence-electron chi connectivity index (χ0n) is 9.50. The third-order valence-corrected chi connectivity index (χ3v) is 3.01. The Morgan fingerprint density at radius 1 is 1.69 bits per heavy atom. The summed E-state index contributed by atoms with van der Waals surface area (Å²) in [4.78, 5) is 10.6. The molecule has 1 saturated carbocycles. The Labute approximate surface area is 93.6 Å². The molecule has 6 heteroatoms. The van der Waals surface area contributed by atoms with Crippen molar-refractivity contribution in [2.45, 2.75) is 39.2 Å². The molecule has 88 valence electrons. The predicted molar refractivity (Wildman–Crippen MR) is 55.8 cm³/mol. The average molecular weight is 224 g/mol. The minimum absolute atomic E-state index is 0.0498. The lowest BCUT2D eigenvalue weighted by Crippen LogP contribution is -2.15. The van der Waals surface area contributed by atoms with Crippen LogP contribution in [0.3, 0.4) is 0 Å². The van der Waals surface area contributed by atoms with E-state index in [4.69, 9.17) is 5.11 Å². The van der Waals surface area contributed by atoms with Crippen LogP contribution in [0.15, 0.2) is 0 Å². The summed E-state index contributed by atoms with van der Waals surface area (Å²) in [5.41, 5.74) is 0. The SMILES string of the molecule is CC(CC(=O)O)Cn1nnnc1C1CC1C. The Morgan fingerprint density at radius 3 is 2.94 bits per heavy atom. The van der Waals surface area contributed by atoms with Crippen molar-refractivity contribution in [3.8, 4) is 0 Å². The molecule has 1 aliphatic rings. The van der Waals surface area contributed by atoms with E-state index >= 15 is 0 Å². The number of hydrogen-bond donors (Lipinski definition) is 1. The largest absolute Gasteiger partial charge is 0.481 e. The number of carbonyl (C=O) groups is 1.